The van der Waals surface area contributed by atoms with E-state index >= 15 is 0 Å². The third-order valence-electron chi connectivity index (χ3n) is 2.80. The van der Waals surface area contributed by atoms with Crippen molar-refractivity contribution in [2.75, 3.05) is 5.73 Å². The molecule has 0 aliphatic carbocycles. The fourth-order valence-electron chi connectivity index (χ4n) is 2.01. The van der Waals surface area contributed by atoms with Crippen LogP contribution in [0.3, 0.4) is 0 Å². The van der Waals surface area contributed by atoms with Gasteiger partial charge in [0.25, 0.3) is 0 Å². The van der Waals surface area contributed by atoms with E-state index in [1.165, 1.54) is 22.8 Å². The molecule has 0 amide bonds. The van der Waals surface area contributed by atoms with E-state index in [0.717, 1.165) is 0 Å². The average molecular weight is 280 g/mol. The van der Waals surface area contributed by atoms with Gasteiger partial charge in [0.15, 0.2) is 0 Å². The molecular formula is C13H8ClF2N3. The summed E-state index contributed by atoms with van der Waals surface area (Å²) in [5.74, 6) is -1.41. The molecule has 0 radical (unpaired) electrons. The lowest BCUT2D eigenvalue weighted by atomic mass is 10.2. The number of rotatable bonds is 1. The van der Waals surface area contributed by atoms with Crippen molar-refractivity contribution < 1.29 is 8.78 Å². The molecular weight excluding hydrogens is 272 g/mol. The number of nitrogens with zero attached hydrogens (tertiary/aromatic N) is 2. The molecule has 3 rings (SSSR count). The van der Waals surface area contributed by atoms with Crippen molar-refractivity contribution in [3.05, 3.63) is 53.1 Å². The average Bonchev–Trinajstić information content (AvgIpc) is 2.65. The Bertz CT molecular complexity index is 763. The molecule has 0 fully saturated rings. The zero-order valence-corrected chi connectivity index (χ0v) is 10.3. The van der Waals surface area contributed by atoms with Crippen LogP contribution in [0.4, 0.5) is 14.7 Å². The van der Waals surface area contributed by atoms with Crippen LogP contribution < -0.4 is 5.73 Å². The first-order chi connectivity index (χ1) is 9.08. The first-order valence-corrected chi connectivity index (χ1v) is 5.83. The van der Waals surface area contributed by atoms with Crippen LogP contribution in [0, 0.1) is 11.6 Å². The zero-order valence-electron chi connectivity index (χ0n) is 9.57. The predicted molar refractivity (Wildman–Crippen MR) is 70.4 cm³/mol. The van der Waals surface area contributed by atoms with Crippen LogP contribution in [0.2, 0.25) is 5.02 Å². The Morgan fingerprint density at radius 2 is 1.79 bits per heavy atom. The third kappa shape index (κ3) is 1.82. The minimum absolute atomic E-state index is 0.00117. The lowest BCUT2D eigenvalue weighted by Crippen LogP contribution is -2.05. The summed E-state index contributed by atoms with van der Waals surface area (Å²) >= 11 is 5.85. The molecule has 6 heteroatoms. The lowest BCUT2D eigenvalue weighted by molar-refractivity contribution is 0.572. The molecule has 0 atom stereocenters. The van der Waals surface area contributed by atoms with Crippen LogP contribution in [0.15, 0.2) is 36.4 Å². The summed E-state index contributed by atoms with van der Waals surface area (Å²) in [6.45, 7) is 0. The summed E-state index contributed by atoms with van der Waals surface area (Å²) in [5, 5.41) is 0.478. The van der Waals surface area contributed by atoms with E-state index in [0.29, 0.717) is 16.1 Å². The van der Waals surface area contributed by atoms with Gasteiger partial charge < -0.3 is 5.73 Å². The largest absolute Gasteiger partial charge is 0.369 e. The topological polar surface area (TPSA) is 43.8 Å². The number of aromatic nitrogens is 2. The molecule has 19 heavy (non-hydrogen) atoms. The van der Waals surface area contributed by atoms with E-state index in [2.05, 4.69) is 4.98 Å². The van der Waals surface area contributed by atoms with Crippen molar-refractivity contribution >= 4 is 28.6 Å². The van der Waals surface area contributed by atoms with Crippen LogP contribution in [-0.2, 0) is 0 Å². The van der Waals surface area contributed by atoms with Crippen molar-refractivity contribution in [1.82, 2.24) is 9.55 Å². The van der Waals surface area contributed by atoms with Crippen LogP contribution >= 0.6 is 11.6 Å². The van der Waals surface area contributed by atoms with Gasteiger partial charge in [0.2, 0.25) is 5.95 Å². The van der Waals surface area contributed by atoms with Crippen molar-refractivity contribution in [2.24, 2.45) is 0 Å². The number of anilines is 1. The monoisotopic (exact) mass is 279 g/mol. The molecule has 0 spiro atoms. The zero-order chi connectivity index (χ0) is 13.6. The molecule has 3 nitrogen and oxygen atoms in total. The second kappa shape index (κ2) is 4.20. The Balaban J connectivity index is 2.40. The summed E-state index contributed by atoms with van der Waals surface area (Å²) < 4.78 is 28.9. The molecule has 0 saturated carbocycles. The maximum absolute atomic E-state index is 13.8. The Morgan fingerprint density at radius 3 is 2.47 bits per heavy atom. The molecule has 0 bridgehead atoms. The van der Waals surface area contributed by atoms with Crippen LogP contribution in [-0.4, -0.2) is 9.55 Å². The van der Waals surface area contributed by atoms with Gasteiger partial charge in [-0.15, -0.1) is 0 Å². The fourth-order valence-corrected chi connectivity index (χ4v) is 2.18. The third-order valence-corrected chi connectivity index (χ3v) is 3.04. The summed E-state index contributed by atoms with van der Waals surface area (Å²) in [7, 11) is 0. The van der Waals surface area contributed by atoms with Crippen molar-refractivity contribution in [3.8, 4) is 5.69 Å². The molecule has 0 unspecified atom stereocenters. The molecule has 3 aromatic rings. The van der Waals surface area contributed by atoms with Gasteiger partial charge in [-0.05, 0) is 30.3 Å². The second-order valence-corrected chi connectivity index (χ2v) is 4.45. The fraction of sp³-hybridized carbons (Fsp3) is 0. The Kier molecular flexibility index (Phi) is 2.64. The molecule has 0 aliphatic rings. The first-order valence-electron chi connectivity index (χ1n) is 5.46. The van der Waals surface area contributed by atoms with Gasteiger partial charge in [-0.2, -0.15) is 0 Å². The van der Waals surface area contributed by atoms with Crippen molar-refractivity contribution in [3.63, 3.8) is 0 Å². The SMILES string of the molecule is Nc1nc2cc(Cl)ccc2n1-c1c(F)cccc1F. The van der Waals surface area contributed by atoms with Crippen molar-refractivity contribution in [2.45, 2.75) is 0 Å². The predicted octanol–water partition coefficient (Wildman–Crippen LogP) is 3.54. The van der Waals surface area contributed by atoms with E-state index in [1.807, 2.05) is 0 Å². The Hall–Kier alpha value is -2.14. The maximum atomic E-state index is 13.8. The smallest absolute Gasteiger partial charge is 0.206 e. The summed E-state index contributed by atoms with van der Waals surface area (Å²) in [4.78, 5) is 4.06. The minimum atomic E-state index is -0.707. The molecule has 0 aliphatic heterocycles. The summed E-state index contributed by atoms with van der Waals surface area (Å²) in [5.41, 5.74) is 6.47. The van der Waals surface area contributed by atoms with Crippen LogP contribution in [0.5, 0.6) is 0 Å². The molecule has 1 aromatic heterocycles. The molecule has 1 heterocycles. The van der Waals surface area contributed by atoms with Gasteiger partial charge in [0.05, 0.1) is 11.0 Å². The first kappa shape index (κ1) is 11.9. The van der Waals surface area contributed by atoms with E-state index in [4.69, 9.17) is 17.3 Å². The number of imidazole rings is 1. The van der Waals surface area contributed by atoms with Crippen LogP contribution in [0.1, 0.15) is 0 Å². The normalized spacial score (nSPS) is 11.1. The highest BCUT2D eigenvalue weighted by Gasteiger charge is 2.17. The van der Waals surface area contributed by atoms with Crippen LogP contribution in [0.25, 0.3) is 16.7 Å². The van der Waals surface area contributed by atoms with Crippen molar-refractivity contribution in [1.29, 1.82) is 0 Å². The number of nitrogens with two attached hydrogens (primary N) is 1. The quantitative estimate of drug-likeness (QED) is 0.740. The standard InChI is InChI=1S/C13H8ClF2N3/c14-7-4-5-11-10(6-7)18-13(17)19(11)12-8(15)2-1-3-9(12)16/h1-6H,(H2,17,18). The van der Waals surface area contributed by atoms with E-state index in [-0.39, 0.29) is 11.6 Å². The van der Waals surface area contributed by atoms with Gasteiger partial charge in [-0.25, -0.2) is 13.8 Å². The number of para-hydroxylation sites is 1. The second-order valence-electron chi connectivity index (χ2n) is 4.01. The summed E-state index contributed by atoms with van der Waals surface area (Å²) in [6, 6.07) is 8.44. The highest BCUT2D eigenvalue weighted by molar-refractivity contribution is 6.31. The number of hydrogen-bond acceptors (Lipinski definition) is 2. The number of halogens is 3. The van der Waals surface area contributed by atoms with E-state index < -0.39 is 11.6 Å². The van der Waals surface area contributed by atoms with Gasteiger partial charge in [0, 0.05) is 5.02 Å². The van der Waals surface area contributed by atoms with E-state index in [1.54, 1.807) is 18.2 Å². The Morgan fingerprint density at radius 1 is 1.11 bits per heavy atom. The van der Waals surface area contributed by atoms with Gasteiger partial charge >= 0.3 is 0 Å². The number of fused-ring (bicyclic) bond motifs is 1. The molecule has 2 aromatic carbocycles. The van der Waals surface area contributed by atoms with Gasteiger partial charge in [0.1, 0.15) is 17.3 Å². The lowest BCUT2D eigenvalue weighted by Gasteiger charge is -2.08. The molecule has 0 saturated heterocycles. The summed E-state index contributed by atoms with van der Waals surface area (Å²) in [6.07, 6.45) is 0. The van der Waals surface area contributed by atoms with Gasteiger partial charge in [-0.1, -0.05) is 17.7 Å². The van der Waals surface area contributed by atoms with Gasteiger partial charge in [-0.3, -0.25) is 4.57 Å². The highest BCUT2D eigenvalue weighted by atomic mass is 35.5. The highest BCUT2D eigenvalue weighted by Crippen LogP contribution is 2.28. The maximum Gasteiger partial charge on any atom is 0.206 e. The minimum Gasteiger partial charge on any atom is -0.369 e. The Labute approximate surface area is 112 Å². The van der Waals surface area contributed by atoms with E-state index in [9.17, 15) is 8.78 Å². The molecule has 96 valence electrons. The number of benzene rings is 2. The molecule has 2 N–H and O–H groups in total. The number of nitrogen functional groups attached to an aromatic ring is 1. The number of hydrogen-bond donors (Lipinski definition) is 1.